The van der Waals surface area contributed by atoms with Crippen LogP contribution in [0.25, 0.3) is 10.9 Å². The molecule has 3 aromatic rings. The van der Waals surface area contributed by atoms with Crippen molar-refractivity contribution in [3.8, 4) is 0 Å². The molecule has 0 saturated carbocycles. The number of hydrogen-bond acceptors (Lipinski definition) is 3. The summed E-state index contributed by atoms with van der Waals surface area (Å²) in [5, 5.41) is 6.03. The van der Waals surface area contributed by atoms with E-state index in [9.17, 15) is 9.59 Å². The number of H-pyrrole nitrogens is 1. The van der Waals surface area contributed by atoms with Crippen LogP contribution >= 0.6 is 11.3 Å². The lowest BCUT2D eigenvalue weighted by atomic mass is 10.1. The predicted molar refractivity (Wildman–Crippen MR) is 108 cm³/mol. The molecule has 3 rings (SSSR count). The van der Waals surface area contributed by atoms with E-state index < -0.39 is 0 Å². The summed E-state index contributed by atoms with van der Waals surface area (Å²) >= 11 is 1.76. The standard InChI is InChI=1S/C21H24N2O2S/c1-15-8-9-19-17(13-15)14-16(21(25)23-19)10-11-22-20(24)7-3-2-5-18-6-4-12-26-18/h4,6,8-9,12-14H,2-3,5,7,10-11H2,1H3,(H,22,24)(H,23,25). The lowest BCUT2D eigenvalue weighted by Crippen LogP contribution is -2.27. The molecule has 0 radical (unpaired) electrons. The quantitative estimate of drug-likeness (QED) is 0.591. The number of amides is 1. The first-order chi connectivity index (χ1) is 12.6. The van der Waals surface area contributed by atoms with E-state index in [1.165, 1.54) is 4.88 Å². The molecule has 2 heterocycles. The van der Waals surface area contributed by atoms with Crippen LogP contribution in [0.4, 0.5) is 0 Å². The van der Waals surface area contributed by atoms with Gasteiger partial charge in [0.15, 0.2) is 0 Å². The lowest BCUT2D eigenvalue weighted by molar-refractivity contribution is -0.121. The van der Waals surface area contributed by atoms with Crippen LogP contribution in [-0.2, 0) is 17.6 Å². The van der Waals surface area contributed by atoms with Gasteiger partial charge in [-0.3, -0.25) is 9.59 Å². The molecule has 26 heavy (non-hydrogen) atoms. The third-order valence-corrected chi connectivity index (χ3v) is 5.39. The second-order valence-electron chi connectivity index (χ2n) is 6.60. The van der Waals surface area contributed by atoms with Gasteiger partial charge in [0.1, 0.15) is 0 Å². The van der Waals surface area contributed by atoms with Gasteiger partial charge in [0.05, 0.1) is 0 Å². The largest absolute Gasteiger partial charge is 0.356 e. The summed E-state index contributed by atoms with van der Waals surface area (Å²) in [7, 11) is 0. The molecular formula is C21H24N2O2S. The van der Waals surface area contributed by atoms with Crippen LogP contribution in [0.3, 0.4) is 0 Å². The summed E-state index contributed by atoms with van der Waals surface area (Å²) in [6.07, 6.45) is 4.03. The van der Waals surface area contributed by atoms with Crippen molar-refractivity contribution in [2.45, 2.75) is 39.0 Å². The summed E-state index contributed by atoms with van der Waals surface area (Å²) in [4.78, 5) is 28.4. The zero-order valence-corrected chi connectivity index (χ0v) is 15.8. The van der Waals surface area contributed by atoms with Crippen molar-refractivity contribution < 1.29 is 4.79 Å². The average molecular weight is 369 g/mol. The van der Waals surface area contributed by atoms with E-state index in [0.717, 1.165) is 35.7 Å². The highest BCUT2D eigenvalue weighted by Crippen LogP contribution is 2.14. The van der Waals surface area contributed by atoms with Crippen molar-refractivity contribution in [2.75, 3.05) is 6.54 Å². The molecule has 1 amide bonds. The number of rotatable bonds is 8. The number of carbonyl (C=O) groups is 1. The first kappa shape index (κ1) is 18.4. The summed E-state index contributed by atoms with van der Waals surface area (Å²) in [5.41, 5.74) is 2.64. The van der Waals surface area contributed by atoms with Crippen LogP contribution < -0.4 is 10.9 Å². The molecule has 0 saturated heterocycles. The first-order valence-corrected chi connectivity index (χ1v) is 9.91. The van der Waals surface area contributed by atoms with Gasteiger partial charge in [-0.05, 0) is 67.6 Å². The molecule has 0 atom stereocenters. The number of aromatic nitrogens is 1. The van der Waals surface area contributed by atoms with Crippen molar-refractivity contribution in [3.05, 3.63) is 68.1 Å². The Morgan fingerprint density at radius 3 is 2.85 bits per heavy atom. The smallest absolute Gasteiger partial charge is 0.251 e. The molecule has 1 aromatic carbocycles. The second kappa shape index (κ2) is 8.81. The van der Waals surface area contributed by atoms with Crippen LogP contribution in [-0.4, -0.2) is 17.4 Å². The van der Waals surface area contributed by atoms with Gasteiger partial charge >= 0.3 is 0 Å². The van der Waals surface area contributed by atoms with Crippen molar-refractivity contribution in [1.29, 1.82) is 0 Å². The van der Waals surface area contributed by atoms with Crippen LogP contribution in [0.15, 0.2) is 46.6 Å². The van der Waals surface area contributed by atoms with Gasteiger partial charge in [-0.1, -0.05) is 17.7 Å². The summed E-state index contributed by atoms with van der Waals surface area (Å²) < 4.78 is 0. The average Bonchev–Trinajstić information content (AvgIpc) is 3.13. The number of aryl methyl sites for hydroxylation is 2. The fourth-order valence-corrected chi connectivity index (χ4v) is 3.77. The zero-order chi connectivity index (χ0) is 18.4. The number of nitrogens with one attached hydrogen (secondary N) is 2. The molecule has 4 nitrogen and oxygen atoms in total. The highest BCUT2D eigenvalue weighted by molar-refractivity contribution is 7.09. The van der Waals surface area contributed by atoms with E-state index in [2.05, 4.69) is 33.9 Å². The number of aromatic amines is 1. The van der Waals surface area contributed by atoms with Crippen LogP contribution in [0.2, 0.25) is 0 Å². The molecule has 0 fully saturated rings. The molecule has 0 bridgehead atoms. The van der Waals surface area contributed by atoms with Gasteiger partial charge in [-0.25, -0.2) is 0 Å². The number of carbonyl (C=O) groups excluding carboxylic acids is 1. The third-order valence-electron chi connectivity index (χ3n) is 4.45. The van der Waals surface area contributed by atoms with Gasteiger partial charge in [-0.15, -0.1) is 11.3 Å². The molecule has 0 aliphatic heterocycles. The Morgan fingerprint density at radius 1 is 1.15 bits per heavy atom. The normalized spacial score (nSPS) is 11.0. The maximum absolute atomic E-state index is 12.1. The van der Waals surface area contributed by atoms with E-state index in [-0.39, 0.29) is 11.5 Å². The second-order valence-corrected chi connectivity index (χ2v) is 7.63. The topological polar surface area (TPSA) is 62.0 Å². The molecule has 0 unspecified atom stereocenters. The van der Waals surface area contributed by atoms with Crippen LogP contribution in [0, 0.1) is 6.92 Å². The van der Waals surface area contributed by atoms with Crippen molar-refractivity contribution in [3.63, 3.8) is 0 Å². The maximum atomic E-state index is 12.1. The van der Waals surface area contributed by atoms with Crippen molar-refractivity contribution >= 4 is 28.1 Å². The lowest BCUT2D eigenvalue weighted by Gasteiger charge is -2.06. The van der Waals surface area contributed by atoms with Gasteiger partial charge in [0, 0.05) is 28.9 Å². The summed E-state index contributed by atoms with van der Waals surface area (Å²) in [5.74, 6) is 0.0595. The van der Waals surface area contributed by atoms with E-state index in [0.29, 0.717) is 24.9 Å². The Balaban J connectivity index is 1.44. The molecule has 0 aliphatic carbocycles. The third kappa shape index (κ3) is 5.05. The Hall–Kier alpha value is -2.40. The monoisotopic (exact) mass is 368 g/mol. The van der Waals surface area contributed by atoms with Gasteiger partial charge in [0.25, 0.3) is 5.56 Å². The highest BCUT2D eigenvalue weighted by atomic mass is 32.1. The zero-order valence-electron chi connectivity index (χ0n) is 15.0. The molecule has 5 heteroatoms. The molecule has 136 valence electrons. The SMILES string of the molecule is Cc1ccc2[nH]c(=O)c(CCNC(=O)CCCCc3cccs3)cc2c1. The molecule has 2 aromatic heterocycles. The Bertz CT molecular complexity index is 929. The van der Waals surface area contributed by atoms with E-state index in [1.807, 2.05) is 25.1 Å². The maximum Gasteiger partial charge on any atom is 0.251 e. The number of unbranched alkanes of at least 4 members (excludes halogenated alkanes) is 1. The minimum Gasteiger partial charge on any atom is -0.356 e. The molecule has 2 N–H and O–H groups in total. The van der Waals surface area contributed by atoms with E-state index >= 15 is 0 Å². The van der Waals surface area contributed by atoms with Gasteiger partial charge in [-0.2, -0.15) is 0 Å². The van der Waals surface area contributed by atoms with E-state index in [1.54, 1.807) is 11.3 Å². The first-order valence-electron chi connectivity index (χ1n) is 9.03. The summed E-state index contributed by atoms with van der Waals surface area (Å²) in [6, 6.07) is 12.1. The van der Waals surface area contributed by atoms with Crippen molar-refractivity contribution in [2.24, 2.45) is 0 Å². The Kier molecular flexibility index (Phi) is 6.23. The minimum atomic E-state index is -0.0773. The molecule has 0 aliphatic rings. The van der Waals surface area contributed by atoms with Gasteiger partial charge in [0.2, 0.25) is 5.91 Å². The minimum absolute atomic E-state index is 0.0595. The van der Waals surface area contributed by atoms with Crippen molar-refractivity contribution in [1.82, 2.24) is 10.3 Å². The fourth-order valence-electron chi connectivity index (χ4n) is 3.02. The van der Waals surface area contributed by atoms with Gasteiger partial charge < -0.3 is 10.3 Å². The number of benzene rings is 1. The Labute approximate surface area is 157 Å². The van der Waals surface area contributed by atoms with E-state index in [4.69, 9.17) is 0 Å². The number of fused-ring (bicyclic) bond motifs is 1. The number of thiophene rings is 1. The highest BCUT2D eigenvalue weighted by Gasteiger charge is 2.05. The van der Waals surface area contributed by atoms with Crippen LogP contribution in [0.1, 0.15) is 35.3 Å². The predicted octanol–water partition coefficient (Wildman–Crippen LogP) is 3.97. The number of pyridine rings is 1. The molecular weight excluding hydrogens is 344 g/mol. The van der Waals surface area contributed by atoms with Crippen LogP contribution in [0.5, 0.6) is 0 Å². The molecule has 0 spiro atoms. The Morgan fingerprint density at radius 2 is 2.04 bits per heavy atom. The number of hydrogen-bond donors (Lipinski definition) is 2. The fraction of sp³-hybridized carbons (Fsp3) is 0.333. The summed E-state index contributed by atoms with van der Waals surface area (Å²) in [6.45, 7) is 2.52.